The molecular formula is C14H20ClN. The Hall–Kier alpha value is -0.690. The van der Waals surface area contributed by atoms with Crippen LogP contribution in [-0.2, 0) is 5.88 Å². The first-order valence-corrected chi connectivity index (χ1v) is 6.69. The van der Waals surface area contributed by atoms with E-state index in [0.29, 0.717) is 5.88 Å². The van der Waals surface area contributed by atoms with Crippen molar-refractivity contribution < 1.29 is 0 Å². The Morgan fingerprint density at radius 1 is 1.19 bits per heavy atom. The van der Waals surface area contributed by atoms with Crippen molar-refractivity contribution in [3.8, 4) is 0 Å². The lowest BCUT2D eigenvalue weighted by molar-refractivity contribution is 0.547. The van der Waals surface area contributed by atoms with Gasteiger partial charge in [0.25, 0.3) is 0 Å². The molecule has 0 atom stereocenters. The van der Waals surface area contributed by atoms with E-state index in [-0.39, 0.29) is 0 Å². The molecule has 0 bridgehead atoms. The lowest BCUT2D eigenvalue weighted by Gasteiger charge is -2.23. The molecule has 0 aromatic heterocycles. The summed E-state index contributed by atoms with van der Waals surface area (Å²) in [5.41, 5.74) is 2.50. The third-order valence-electron chi connectivity index (χ3n) is 3.54. The van der Waals surface area contributed by atoms with E-state index in [1.807, 2.05) is 0 Å². The Balaban J connectivity index is 1.94. The number of benzene rings is 1. The molecule has 0 spiro atoms. The molecule has 0 saturated heterocycles. The van der Waals surface area contributed by atoms with Gasteiger partial charge in [0, 0.05) is 25.2 Å². The Morgan fingerprint density at radius 2 is 1.81 bits per heavy atom. The number of rotatable bonds is 4. The molecule has 0 N–H and O–H groups in total. The van der Waals surface area contributed by atoms with Crippen LogP contribution in [0.3, 0.4) is 0 Å². The summed E-state index contributed by atoms with van der Waals surface area (Å²) in [5, 5.41) is 0. The number of alkyl halides is 1. The third kappa shape index (κ3) is 2.91. The molecule has 1 aliphatic carbocycles. The van der Waals surface area contributed by atoms with Crippen LogP contribution in [0.4, 0.5) is 5.69 Å². The first-order valence-electron chi connectivity index (χ1n) is 6.15. The van der Waals surface area contributed by atoms with Crippen molar-refractivity contribution in [1.29, 1.82) is 0 Å². The molecule has 1 aliphatic rings. The van der Waals surface area contributed by atoms with E-state index in [9.17, 15) is 0 Å². The highest BCUT2D eigenvalue weighted by molar-refractivity contribution is 6.17. The van der Waals surface area contributed by atoms with Crippen molar-refractivity contribution in [3.05, 3.63) is 29.8 Å². The molecule has 1 aromatic carbocycles. The summed E-state index contributed by atoms with van der Waals surface area (Å²) < 4.78 is 0. The zero-order chi connectivity index (χ0) is 11.4. The zero-order valence-electron chi connectivity index (χ0n) is 9.95. The second-order valence-corrected chi connectivity index (χ2v) is 5.10. The van der Waals surface area contributed by atoms with Crippen molar-refractivity contribution in [3.63, 3.8) is 0 Å². The van der Waals surface area contributed by atoms with Crippen LogP contribution in [0.5, 0.6) is 0 Å². The minimum atomic E-state index is 0.604. The van der Waals surface area contributed by atoms with E-state index in [1.54, 1.807) is 0 Å². The van der Waals surface area contributed by atoms with Gasteiger partial charge in [-0.2, -0.15) is 0 Å². The predicted octanol–water partition coefficient (Wildman–Crippen LogP) is 4.05. The third-order valence-corrected chi connectivity index (χ3v) is 3.85. The van der Waals surface area contributed by atoms with E-state index >= 15 is 0 Å². The Kier molecular flexibility index (Phi) is 4.11. The molecule has 1 aromatic rings. The van der Waals surface area contributed by atoms with Crippen LogP contribution >= 0.6 is 11.6 Å². The van der Waals surface area contributed by atoms with Gasteiger partial charge in [0.05, 0.1) is 0 Å². The maximum atomic E-state index is 5.78. The smallest absolute Gasteiger partial charge is 0.0474 e. The van der Waals surface area contributed by atoms with Crippen molar-refractivity contribution in [2.45, 2.75) is 31.6 Å². The highest BCUT2D eigenvalue weighted by Crippen LogP contribution is 2.26. The topological polar surface area (TPSA) is 3.24 Å². The number of hydrogen-bond donors (Lipinski definition) is 0. The SMILES string of the molecule is CN(CC1CCCC1)c1ccc(CCl)cc1. The molecule has 0 amide bonds. The van der Waals surface area contributed by atoms with Crippen LogP contribution in [-0.4, -0.2) is 13.6 Å². The maximum Gasteiger partial charge on any atom is 0.0474 e. The van der Waals surface area contributed by atoms with Gasteiger partial charge in [0.1, 0.15) is 0 Å². The molecule has 1 nitrogen and oxygen atoms in total. The lowest BCUT2D eigenvalue weighted by atomic mass is 10.1. The average molecular weight is 238 g/mol. The average Bonchev–Trinajstić information content (AvgIpc) is 2.82. The van der Waals surface area contributed by atoms with Crippen LogP contribution in [0, 0.1) is 5.92 Å². The second kappa shape index (κ2) is 5.58. The fraction of sp³-hybridized carbons (Fsp3) is 0.571. The quantitative estimate of drug-likeness (QED) is 0.714. The fourth-order valence-corrected chi connectivity index (χ4v) is 2.70. The van der Waals surface area contributed by atoms with Crippen LogP contribution in [0.1, 0.15) is 31.2 Å². The monoisotopic (exact) mass is 237 g/mol. The normalized spacial score (nSPS) is 16.6. The summed E-state index contributed by atoms with van der Waals surface area (Å²) in [7, 11) is 2.19. The summed E-state index contributed by atoms with van der Waals surface area (Å²) in [6.45, 7) is 1.19. The zero-order valence-corrected chi connectivity index (χ0v) is 10.7. The van der Waals surface area contributed by atoms with Crippen molar-refractivity contribution in [2.24, 2.45) is 5.92 Å². The maximum absolute atomic E-state index is 5.78. The summed E-state index contributed by atoms with van der Waals surface area (Å²) in [5.74, 6) is 1.50. The molecule has 0 aliphatic heterocycles. The van der Waals surface area contributed by atoms with E-state index in [0.717, 1.165) is 5.92 Å². The van der Waals surface area contributed by atoms with Gasteiger partial charge in [-0.05, 0) is 36.5 Å². The van der Waals surface area contributed by atoms with Gasteiger partial charge in [-0.25, -0.2) is 0 Å². The predicted molar refractivity (Wildman–Crippen MR) is 71.2 cm³/mol. The highest BCUT2D eigenvalue weighted by Gasteiger charge is 2.16. The lowest BCUT2D eigenvalue weighted by Crippen LogP contribution is -2.23. The molecule has 2 rings (SSSR count). The van der Waals surface area contributed by atoms with Gasteiger partial charge < -0.3 is 4.90 Å². The molecule has 0 unspecified atom stereocenters. The van der Waals surface area contributed by atoms with E-state index in [1.165, 1.54) is 43.5 Å². The fourth-order valence-electron chi connectivity index (χ4n) is 2.53. The van der Waals surface area contributed by atoms with Crippen LogP contribution in [0.15, 0.2) is 24.3 Å². The number of nitrogens with zero attached hydrogens (tertiary/aromatic N) is 1. The van der Waals surface area contributed by atoms with E-state index in [2.05, 4.69) is 36.2 Å². The Morgan fingerprint density at radius 3 is 2.38 bits per heavy atom. The van der Waals surface area contributed by atoms with E-state index < -0.39 is 0 Å². The molecule has 1 fully saturated rings. The van der Waals surface area contributed by atoms with Crippen molar-refractivity contribution in [2.75, 3.05) is 18.5 Å². The first-order chi connectivity index (χ1) is 7.79. The Labute approximate surface area is 103 Å². The summed E-state index contributed by atoms with van der Waals surface area (Å²) >= 11 is 5.78. The molecule has 2 heteroatoms. The summed E-state index contributed by atoms with van der Waals surface area (Å²) in [6, 6.07) is 8.58. The van der Waals surface area contributed by atoms with Gasteiger partial charge >= 0.3 is 0 Å². The van der Waals surface area contributed by atoms with Gasteiger partial charge in [0.2, 0.25) is 0 Å². The molecule has 1 saturated carbocycles. The molecular weight excluding hydrogens is 218 g/mol. The number of hydrogen-bond acceptors (Lipinski definition) is 1. The summed E-state index contributed by atoms with van der Waals surface area (Å²) in [4.78, 5) is 2.37. The standard InChI is InChI=1S/C14H20ClN/c1-16(11-13-4-2-3-5-13)14-8-6-12(10-15)7-9-14/h6-9,13H,2-5,10-11H2,1H3. The van der Waals surface area contributed by atoms with Crippen molar-refractivity contribution in [1.82, 2.24) is 0 Å². The second-order valence-electron chi connectivity index (χ2n) is 4.83. The van der Waals surface area contributed by atoms with Gasteiger partial charge in [0.15, 0.2) is 0 Å². The van der Waals surface area contributed by atoms with Crippen molar-refractivity contribution >= 4 is 17.3 Å². The minimum Gasteiger partial charge on any atom is -0.374 e. The highest BCUT2D eigenvalue weighted by atomic mass is 35.5. The number of anilines is 1. The summed E-state index contributed by atoms with van der Waals surface area (Å²) in [6.07, 6.45) is 5.65. The molecule has 16 heavy (non-hydrogen) atoms. The first kappa shape index (κ1) is 11.8. The minimum absolute atomic E-state index is 0.604. The van der Waals surface area contributed by atoms with Crippen LogP contribution in [0.2, 0.25) is 0 Å². The number of halogens is 1. The van der Waals surface area contributed by atoms with Crippen LogP contribution in [0.25, 0.3) is 0 Å². The molecule has 0 heterocycles. The molecule has 88 valence electrons. The molecule has 0 radical (unpaired) electrons. The van der Waals surface area contributed by atoms with Gasteiger partial charge in [-0.15, -0.1) is 11.6 Å². The van der Waals surface area contributed by atoms with Gasteiger partial charge in [-0.1, -0.05) is 25.0 Å². The van der Waals surface area contributed by atoms with E-state index in [4.69, 9.17) is 11.6 Å². The Bertz CT molecular complexity index is 314. The van der Waals surface area contributed by atoms with Crippen LogP contribution < -0.4 is 4.90 Å². The largest absolute Gasteiger partial charge is 0.374 e. The van der Waals surface area contributed by atoms with Gasteiger partial charge in [-0.3, -0.25) is 0 Å².